The Hall–Kier alpha value is -3.89. The summed E-state index contributed by atoms with van der Waals surface area (Å²) in [6.07, 6.45) is 0. The lowest BCUT2D eigenvalue weighted by atomic mass is 10.2. The highest BCUT2D eigenvalue weighted by atomic mass is 35.5. The number of fused-ring (bicyclic) bond motifs is 1. The molecule has 0 radical (unpaired) electrons. The molecule has 2 N–H and O–H groups in total. The molecule has 180 valence electrons. The summed E-state index contributed by atoms with van der Waals surface area (Å²) in [7, 11) is -2.73. The predicted molar refractivity (Wildman–Crippen MR) is 133 cm³/mol. The summed E-state index contributed by atoms with van der Waals surface area (Å²) in [5.74, 6) is -0.755. The van der Waals surface area contributed by atoms with Crippen LogP contribution in [0.2, 0.25) is 5.02 Å². The fraction of sp³-hybridized carbons (Fsp3) is 0.125. The largest absolute Gasteiger partial charge is 0.495 e. The van der Waals surface area contributed by atoms with Crippen LogP contribution in [0.15, 0.2) is 81.9 Å². The number of aromatic nitrogens is 1. The minimum absolute atomic E-state index is 0.00551. The number of sulfonamides is 1. The number of halogens is 1. The van der Waals surface area contributed by atoms with E-state index < -0.39 is 22.5 Å². The molecule has 0 aliphatic carbocycles. The number of carbonyl (C=O) groups is 1. The predicted octanol–water partition coefficient (Wildman–Crippen LogP) is 5.35. The third kappa shape index (κ3) is 4.98. The van der Waals surface area contributed by atoms with Crippen LogP contribution in [0.1, 0.15) is 5.56 Å². The first-order valence-electron chi connectivity index (χ1n) is 10.4. The summed E-state index contributed by atoms with van der Waals surface area (Å²) in [6.45, 7) is 1.19. The van der Waals surface area contributed by atoms with Gasteiger partial charge >= 0.3 is 0 Å². The average Bonchev–Trinajstić information content (AvgIpc) is 3.16. The topological polar surface area (TPSA) is 124 Å². The molecule has 0 unspecified atom stereocenters. The molecule has 4 rings (SSSR count). The number of aromatic hydroxyl groups is 1. The van der Waals surface area contributed by atoms with Crippen molar-refractivity contribution in [2.24, 2.45) is 10.2 Å². The zero-order valence-electron chi connectivity index (χ0n) is 18.8. The monoisotopic (exact) mass is 512 g/mol. The Morgan fingerprint density at radius 3 is 2.51 bits per heavy atom. The highest BCUT2D eigenvalue weighted by Crippen LogP contribution is 2.35. The molecule has 35 heavy (non-hydrogen) atoms. The van der Waals surface area contributed by atoms with Crippen LogP contribution >= 0.6 is 11.6 Å². The van der Waals surface area contributed by atoms with Crippen molar-refractivity contribution < 1.29 is 23.1 Å². The van der Waals surface area contributed by atoms with Crippen LogP contribution in [0.5, 0.6) is 11.6 Å². The lowest BCUT2D eigenvalue weighted by Crippen LogP contribution is -2.35. The van der Waals surface area contributed by atoms with Crippen molar-refractivity contribution in [3.63, 3.8) is 0 Å². The molecule has 0 saturated heterocycles. The zero-order valence-corrected chi connectivity index (χ0v) is 20.3. The van der Waals surface area contributed by atoms with Crippen LogP contribution in [0, 0.1) is 6.92 Å². The van der Waals surface area contributed by atoms with Crippen molar-refractivity contribution in [3.8, 4) is 11.6 Å². The summed E-state index contributed by atoms with van der Waals surface area (Å²) >= 11 is 6.22. The van der Waals surface area contributed by atoms with Gasteiger partial charge in [0, 0.05) is 5.39 Å². The van der Waals surface area contributed by atoms with Crippen LogP contribution in [-0.4, -0.2) is 38.1 Å². The fourth-order valence-electron chi connectivity index (χ4n) is 3.44. The molecule has 0 saturated carbocycles. The number of amides is 1. The second kappa shape index (κ2) is 9.77. The SMILES string of the molecule is COc1ccc(N(CC(=O)N=Nc2c(O)[nH]c3ccccc23)S(=O)(=O)c2ccc(C)cc2)cc1Cl. The van der Waals surface area contributed by atoms with Crippen molar-refractivity contribution in [1.29, 1.82) is 0 Å². The first-order chi connectivity index (χ1) is 16.7. The number of rotatable bonds is 7. The van der Waals surface area contributed by atoms with Crippen LogP contribution in [-0.2, 0) is 14.8 Å². The van der Waals surface area contributed by atoms with E-state index in [0.29, 0.717) is 16.7 Å². The van der Waals surface area contributed by atoms with E-state index in [0.717, 1.165) is 9.87 Å². The number of benzene rings is 3. The van der Waals surface area contributed by atoms with Gasteiger partial charge in [0.2, 0.25) is 5.88 Å². The number of aromatic amines is 1. The van der Waals surface area contributed by atoms with E-state index in [1.165, 1.54) is 37.4 Å². The molecule has 0 spiro atoms. The number of aryl methyl sites for hydroxylation is 1. The third-order valence-electron chi connectivity index (χ3n) is 5.23. The number of nitrogens with one attached hydrogen (secondary N) is 1. The molecule has 1 heterocycles. The third-order valence-corrected chi connectivity index (χ3v) is 7.32. The molecule has 0 aliphatic heterocycles. The molecule has 1 amide bonds. The Morgan fingerprint density at radius 2 is 1.83 bits per heavy atom. The maximum atomic E-state index is 13.5. The molecular formula is C24H21ClN4O5S. The van der Waals surface area contributed by atoms with Gasteiger partial charge < -0.3 is 14.8 Å². The Balaban J connectivity index is 1.70. The van der Waals surface area contributed by atoms with Gasteiger partial charge in [-0.15, -0.1) is 10.2 Å². The Bertz CT molecular complexity index is 1530. The first-order valence-corrected chi connectivity index (χ1v) is 12.2. The maximum absolute atomic E-state index is 13.5. The zero-order chi connectivity index (χ0) is 25.2. The van der Waals surface area contributed by atoms with E-state index in [1.807, 2.05) is 6.92 Å². The van der Waals surface area contributed by atoms with E-state index in [4.69, 9.17) is 16.3 Å². The standard InChI is InChI=1S/C24H21ClN4O5S/c1-15-7-10-17(11-8-15)35(32,33)29(16-9-12-21(34-2)19(25)13-16)14-22(30)27-28-23-18-5-3-4-6-20(18)26-24(23)31/h3-13,26,31H,14H2,1-2H3. The van der Waals surface area contributed by atoms with Crippen molar-refractivity contribution >= 4 is 49.8 Å². The van der Waals surface area contributed by atoms with Crippen LogP contribution < -0.4 is 9.04 Å². The summed E-state index contributed by atoms with van der Waals surface area (Å²) in [5, 5.41) is 18.4. The number of carbonyl (C=O) groups excluding carboxylic acids is 1. The molecular weight excluding hydrogens is 492 g/mol. The van der Waals surface area contributed by atoms with Crippen molar-refractivity contribution in [2.45, 2.75) is 11.8 Å². The van der Waals surface area contributed by atoms with Gasteiger partial charge in [-0.05, 0) is 43.3 Å². The number of hydrogen-bond donors (Lipinski definition) is 2. The second-order valence-electron chi connectivity index (χ2n) is 7.61. The van der Waals surface area contributed by atoms with Gasteiger partial charge in [-0.3, -0.25) is 9.10 Å². The number of nitrogens with zero attached hydrogens (tertiary/aromatic N) is 3. The lowest BCUT2D eigenvalue weighted by molar-refractivity contribution is -0.116. The normalized spacial score (nSPS) is 11.7. The molecule has 0 fully saturated rings. The number of hydrogen-bond acceptors (Lipinski definition) is 6. The lowest BCUT2D eigenvalue weighted by Gasteiger charge is -2.23. The molecule has 4 aromatic rings. The Labute approximate surface area is 206 Å². The van der Waals surface area contributed by atoms with E-state index >= 15 is 0 Å². The second-order valence-corrected chi connectivity index (χ2v) is 9.87. The highest BCUT2D eigenvalue weighted by Gasteiger charge is 2.28. The van der Waals surface area contributed by atoms with E-state index in [-0.39, 0.29) is 27.2 Å². The number of anilines is 1. The smallest absolute Gasteiger partial charge is 0.285 e. The van der Waals surface area contributed by atoms with Gasteiger partial charge in [0.25, 0.3) is 15.9 Å². The molecule has 0 bridgehead atoms. The maximum Gasteiger partial charge on any atom is 0.285 e. The summed E-state index contributed by atoms with van der Waals surface area (Å²) in [5.41, 5.74) is 1.72. The summed E-state index contributed by atoms with van der Waals surface area (Å²) in [4.78, 5) is 15.5. The van der Waals surface area contributed by atoms with E-state index in [9.17, 15) is 18.3 Å². The van der Waals surface area contributed by atoms with Crippen LogP contribution in [0.4, 0.5) is 11.4 Å². The van der Waals surface area contributed by atoms with E-state index in [2.05, 4.69) is 15.2 Å². The summed E-state index contributed by atoms with van der Waals surface area (Å²) in [6, 6.07) is 17.6. The quantitative estimate of drug-likeness (QED) is 0.323. The first kappa shape index (κ1) is 24.2. The van der Waals surface area contributed by atoms with Crippen molar-refractivity contribution in [3.05, 3.63) is 77.3 Å². The molecule has 9 nitrogen and oxygen atoms in total. The molecule has 11 heteroatoms. The van der Waals surface area contributed by atoms with Gasteiger partial charge in [0.05, 0.1) is 28.2 Å². The summed E-state index contributed by atoms with van der Waals surface area (Å²) < 4.78 is 33.0. The molecule has 0 atom stereocenters. The number of azo groups is 1. The van der Waals surface area contributed by atoms with Gasteiger partial charge in [0.15, 0.2) is 5.69 Å². The van der Waals surface area contributed by atoms with Gasteiger partial charge in [0.1, 0.15) is 12.3 Å². The minimum atomic E-state index is -4.16. The fourth-order valence-corrected chi connectivity index (χ4v) is 5.10. The average molecular weight is 513 g/mol. The van der Waals surface area contributed by atoms with Gasteiger partial charge in [-0.2, -0.15) is 0 Å². The Morgan fingerprint density at radius 1 is 1.11 bits per heavy atom. The van der Waals surface area contributed by atoms with Crippen LogP contribution in [0.3, 0.4) is 0 Å². The van der Waals surface area contributed by atoms with Gasteiger partial charge in [-0.1, -0.05) is 47.5 Å². The van der Waals surface area contributed by atoms with Gasteiger partial charge in [-0.25, -0.2) is 8.42 Å². The number of ether oxygens (including phenoxy) is 1. The van der Waals surface area contributed by atoms with Crippen LogP contribution in [0.25, 0.3) is 10.9 Å². The highest BCUT2D eigenvalue weighted by molar-refractivity contribution is 7.92. The molecule has 0 aliphatic rings. The van der Waals surface area contributed by atoms with Crippen molar-refractivity contribution in [1.82, 2.24) is 4.98 Å². The minimum Gasteiger partial charge on any atom is -0.495 e. The molecule has 1 aromatic heterocycles. The number of para-hydroxylation sites is 1. The number of methoxy groups -OCH3 is 1. The Kier molecular flexibility index (Phi) is 6.77. The molecule has 3 aromatic carbocycles. The van der Waals surface area contributed by atoms with E-state index in [1.54, 1.807) is 36.4 Å². The number of H-pyrrole nitrogens is 1. The van der Waals surface area contributed by atoms with Crippen molar-refractivity contribution in [2.75, 3.05) is 18.0 Å².